The SMILES string of the molecule is Cc1ccnc(OCc2cc(C)on2)c1. The van der Waals surface area contributed by atoms with Gasteiger partial charge in [0.25, 0.3) is 0 Å². The molecule has 0 atom stereocenters. The number of hydrogen-bond donors (Lipinski definition) is 0. The van der Waals surface area contributed by atoms with Gasteiger partial charge in [-0.05, 0) is 25.5 Å². The van der Waals surface area contributed by atoms with Crippen molar-refractivity contribution < 1.29 is 9.26 Å². The molecule has 0 aliphatic carbocycles. The van der Waals surface area contributed by atoms with E-state index in [9.17, 15) is 0 Å². The van der Waals surface area contributed by atoms with Crippen LogP contribution in [0.15, 0.2) is 28.9 Å². The highest BCUT2D eigenvalue weighted by Gasteiger charge is 2.01. The zero-order valence-electron chi connectivity index (χ0n) is 8.73. The second kappa shape index (κ2) is 4.13. The van der Waals surface area contributed by atoms with Gasteiger partial charge in [-0.25, -0.2) is 4.98 Å². The van der Waals surface area contributed by atoms with Crippen molar-refractivity contribution in [3.05, 3.63) is 41.4 Å². The van der Waals surface area contributed by atoms with Crippen LogP contribution in [-0.4, -0.2) is 10.1 Å². The highest BCUT2D eigenvalue weighted by Crippen LogP contribution is 2.10. The van der Waals surface area contributed by atoms with Crippen molar-refractivity contribution in [2.45, 2.75) is 20.5 Å². The van der Waals surface area contributed by atoms with E-state index in [4.69, 9.17) is 9.26 Å². The van der Waals surface area contributed by atoms with Crippen LogP contribution in [0.5, 0.6) is 5.88 Å². The summed E-state index contributed by atoms with van der Waals surface area (Å²) in [5.41, 5.74) is 1.90. The Morgan fingerprint density at radius 2 is 2.20 bits per heavy atom. The lowest BCUT2D eigenvalue weighted by molar-refractivity contribution is 0.277. The number of nitrogens with zero attached hydrogens (tertiary/aromatic N) is 2. The van der Waals surface area contributed by atoms with Crippen molar-refractivity contribution in [3.8, 4) is 5.88 Å². The van der Waals surface area contributed by atoms with Gasteiger partial charge < -0.3 is 9.26 Å². The molecule has 0 unspecified atom stereocenters. The fraction of sp³-hybridized carbons (Fsp3) is 0.273. The second-order valence-electron chi connectivity index (χ2n) is 3.39. The molecule has 2 rings (SSSR count). The van der Waals surface area contributed by atoms with Gasteiger partial charge in [-0.3, -0.25) is 0 Å². The van der Waals surface area contributed by atoms with Crippen LogP contribution in [0, 0.1) is 13.8 Å². The van der Waals surface area contributed by atoms with E-state index in [-0.39, 0.29) is 0 Å². The van der Waals surface area contributed by atoms with Crippen LogP contribution in [0.1, 0.15) is 17.0 Å². The summed E-state index contributed by atoms with van der Waals surface area (Å²) in [6.07, 6.45) is 1.72. The lowest BCUT2D eigenvalue weighted by atomic mass is 10.3. The van der Waals surface area contributed by atoms with E-state index in [0.717, 1.165) is 17.0 Å². The first kappa shape index (κ1) is 9.71. The average molecular weight is 204 g/mol. The molecular formula is C11H12N2O2. The van der Waals surface area contributed by atoms with Crippen LogP contribution >= 0.6 is 0 Å². The molecule has 0 aliphatic heterocycles. The molecule has 0 aliphatic rings. The predicted molar refractivity (Wildman–Crippen MR) is 54.5 cm³/mol. The van der Waals surface area contributed by atoms with Crippen LogP contribution in [0.2, 0.25) is 0 Å². The van der Waals surface area contributed by atoms with E-state index in [2.05, 4.69) is 10.1 Å². The highest BCUT2D eigenvalue weighted by atomic mass is 16.5. The standard InChI is InChI=1S/C11H12N2O2/c1-8-3-4-12-11(5-8)14-7-10-6-9(2)15-13-10/h3-6H,7H2,1-2H3. The fourth-order valence-corrected chi connectivity index (χ4v) is 1.22. The van der Waals surface area contributed by atoms with E-state index in [1.54, 1.807) is 6.20 Å². The molecular weight excluding hydrogens is 192 g/mol. The number of rotatable bonds is 3. The lowest BCUT2D eigenvalue weighted by Gasteiger charge is -2.02. The molecule has 0 saturated carbocycles. The molecule has 2 aromatic heterocycles. The van der Waals surface area contributed by atoms with E-state index >= 15 is 0 Å². The van der Waals surface area contributed by atoms with Gasteiger partial charge in [-0.15, -0.1) is 0 Å². The Morgan fingerprint density at radius 1 is 1.33 bits per heavy atom. The molecule has 15 heavy (non-hydrogen) atoms. The Balaban J connectivity index is 1.99. The van der Waals surface area contributed by atoms with Crippen molar-refractivity contribution >= 4 is 0 Å². The van der Waals surface area contributed by atoms with Gasteiger partial charge in [-0.1, -0.05) is 5.16 Å². The van der Waals surface area contributed by atoms with Crippen LogP contribution in [-0.2, 0) is 6.61 Å². The van der Waals surface area contributed by atoms with Crippen molar-refractivity contribution in [3.63, 3.8) is 0 Å². The first-order valence-corrected chi connectivity index (χ1v) is 4.72. The Bertz CT molecular complexity index is 451. The topological polar surface area (TPSA) is 48.2 Å². The number of aryl methyl sites for hydroxylation is 2. The van der Waals surface area contributed by atoms with E-state index in [1.807, 2.05) is 32.0 Å². The molecule has 0 bridgehead atoms. The maximum absolute atomic E-state index is 5.45. The monoisotopic (exact) mass is 204 g/mol. The summed E-state index contributed by atoms with van der Waals surface area (Å²) < 4.78 is 10.4. The van der Waals surface area contributed by atoms with Gasteiger partial charge in [0.15, 0.2) is 0 Å². The number of pyridine rings is 1. The van der Waals surface area contributed by atoms with Gasteiger partial charge in [-0.2, -0.15) is 0 Å². The summed E-state index contributed by atoms with van der Waals surface area (Å²) in [7, 11) is 0. The molecule has 4 nitrogen and oxygen atoms in total. The summed E-state index contributed by atoms with van der Waals surface area (Å²) in [5.74, 6) is 1.39. The van der Waals surface area contributed by atoms with Crippen LogP contribution in [0.3, 0.4) is 0 Å². The third-order valence-electron chi connectivity index (χ3n) is 1.94. The molecule has 0 saturated heterocycles. The molecule has 0 N–H and O–H groups in total. The fourth-order valence-electron chi connectivity index (χ4n) is 1.22. The van der Waals surface area contributed by atoms with Crippen molar-refractivity contribution in [1.29, 1.82) is 0 Å². The average Bonchev–Trinajstić information content (AvgIpc) is 2.62. The number of hydrogen-bond acceptors (Lipinski definition) is 4. The molecule has 2 aromatic rings. The first-order valence-electron chi connectivity index (χ1n) is 4.72. The molecule has 0 amide bonds. The Morgan fingerprint density at radius 3 is 2.87 bits per heavy atom. The predicted octanol–water partition coefficient (Wildman–Crippen LogP) is 2.27. The Hall–Kier alpha value is -1.84. The van der Waals surface area contributed by atoms with E-state index in [0.29, 0.717) is 12.5 Å². The minimum absolute atomic E-state index is 0.383. The first-order chi connectivity index (χ1) is 7.24. The molecule has 0 radical (unpaired) electrons. The van der Waals surface area contributed by atoms with Crippen LogP contribution in [0.4, 0.5) is 0 Å². The largest absolute Gasteiger partial charge is 0.471 e. The molecule has 0 spiro atoms. The third kappa shape index (κ3) is 2.56. The molecule has 2 heterocycles. The summed E-state index contributed by atoms with van der Waals surface area (Å²) >= 11 is 0. The minimum Gasteiger partial charge on any atom is -0.471 e. The van der Waals surface area contributed by atoms with Crippen LogP contribution < -0.4 is 4.74 Å². The van der Waals surface area contributed by atoms with Gasteiger partial charge >= 0.3 is 0 Å². The quantitative estimate of drug-likeness (QED) is 0.769. The van der Waals surface area contributed by atoms with Crippen molar-refractivity contribution in [1.82, 2.24) is 10.1 Å². The zero-order chi connectivity index (χ0) is 10.7. The second-order valence-corrected chi connectivity index (χ2v) is 3.39. The Labute approximate surface area is 87.9 Å². The summed E-state index contributed by atoms with van der Waals surface area (Å²) in [6.45, 7) is 4.23. The summed E-state index contributed by atoms with van der Waals surface area (Å²) in [4.78, 5) is 4.08. The Kier molecular flexibility index (Phi) is 2.67. The van der Waals surface area contributed by atoms with Crippen LogP contribution in [0.25, 0.3) is 0 Å². The van der Waals surface area contributed by atoms with Gasteiger partial charge in [0.05, 0.1) is 0 Å². The highest BCUT2D eigenvalue weighted by molar-refractivity contribution is 5.19. The van der Waals surface area contributed by atoms with Crippen molar-refractivity contribution in [2.75, 3.05) is 0 Å². The molecule has 0 fully saturated rings. The lowest BCUT2D eigenvalue weighted by Crippen LogP contribution is -1.97. The van der Waals surface area contributed by atoms with Gasteiger partial charge in [0, 0.05) is 18.3 Å². The maximum Gasteiger partial charge on any atom is 0.213 e. The summed E-state index contributed by atoms with van der Waals surface area (Å²) in [5, 5.41) is 3.83. The van der Waals surface area contributed by atoms with Gasteiger partial charge in [0.1, 0.15) is 18.1 Å². The zero-order valence-corrected chi connectivity index (χ0v) is 8.73. The van der Waals surface area contributed by atoms with Crippen molar-refractivity contribution in [2.24, 2.45) is 0 Å². The normalized spacial score (nSPS) is 10.3. The number of aromatic nitrogens is 2. The van der Waals surface area contributed by atoms with E-state index in [1.165, 1.54) is 0 Å². The molecule has 4 heteroatoms. The molecule has 0 aromatic carbocycles. The maximum atomic E-state index is 5.45. The number of ether oxygens (including phenoxy) is 1. The third-order valence-corrected chi connectivity index (χ3v) is 1.94. The van der Waals surface area contributed by atoms with Gasteiger partial charge in [0.2, 0.25) is 5.88 Å². The van der Waals surface area contributed by atoms with E-state index < -0.39 is 0 Å². The molecule has 78 valence electrons. The summed E-state index contributed by atoms with van der Waals surface area (Å²) in [6, 6.07) is 5.65. The smallest absolute Gasteiger partial charge is 0.213 e. The minimum atomic E-state index is 0.383.